The van der Waals surface area contributed by atoms with Gasteiger partial charge in [0.2, 0.25) is 21.8 Å². The lowest BCUT2D eigenvalue weighted by atomic mass is 9.92. The predicted molar refractivity (Wildman–Crippen MR) is 126 cm³/mol. The molecule has 4 N–H and O–H groups in total. The van der Waals surface area contributed by atoms with Crippen LogP contribution in [-0.4, -0.2) is 25.5 Å². The highest BCUT2D eigenvalue weighted by molar-refractivity contribution is 8.00. The van der Waals surface area contributed by atoms with E-state index in [1.54, 1.807) is 0 Å². The van der Waals surface area contributed by atoms with E-state index in [0.29, 0.717) is 24.2 Å². The largest absolute Gasteiger partial charge is 0.326 e. The van der Waals surface area contributed by atoms with Crippen LogP contribution in [0, 0.1) is 5.41 Å². The Hall–Kier alpha value is -2.36. The number of nitrogens with one attached hydrogen (secondary N) is 2. The fourth-order valence-electron chi connectivity index (χ4n) is 2.77. The third-order valence-corrected chi connectivity index (χ3v) is 6.49. The zero-order valence-corrected chi connectivity index (χ0v) is 19.8. The lowest BCUT2D eigenvalue weighted by molar-refractivity contribution is -0.118. The van der Waals surface area contributed by atoms with E-state index in [4.69, 9.17) is 5.14 Å². The molecule has 0 aliphatic rings. The molecule has 1 atom stereocenters. The average molecular weight is 464 g/mol. The van der Waals surface area contributed by atoms with Gasteiger partial charge in [0.05, 0.1) is 10.1 Å². The Morgan fingerprint density at radius 2 is 1.68 bits per heavy atom. The van der Waals surface area contributed by atoms with Gasteiger partial charge in [0.15, 0.2) is 0 Å². The molecule has 0 saturated carbocycles. The molecule has 31 heavy (non-hydrogen) atoms. The Morgan fingerprint density at radius 3 is 2.23 bits per heavy atom. The van der Waals surface area contributed by atoms with Crippen LogP contribution >= 0.6 is 11.8 Å². The lowest BCUT2D eigenvalue weighted by Gasteiger charge is -2.18. The Balaban J connectivity index is 2.03. The first kappa shape index (κ1) is 24.9. The minimum atomic E-state index is -3.78. The molecule has 0 saturated heterocycles. The van der Waals surface area contributed by atoms with Crippen LogP contribution in [0.4, 0.5) is 11.4 Å². The SMILES string of the molecule is CCC(Sc1cccc(NC(=O)CC(C)(C)C)c1)C(=O)Nc1ccc(S(N)(=O)=O)cc1. The van der Waals surface area contributed by atoms with Gasteiger partial charge in [-0.25, -0.2) is 13.6 Å². The molecule has 0 aliphatic heterocycles. The van der Waals surface area contributed by atoms with Crippen molar-refractivity contribution < 1.29 is 18.0 Å². The molecule has 0 aliphatic carbocycles. The Labute approximate surface area is 188 Å². The first-order chi connectivity index (χ1) is 14.4. The van der Waals surface area contributed by atoms with Crippen LogP contribution in [0.15, 0.2) is 58.3 Å². The number of sulfonamides is 1. The van der Waals surface area contributed by atoms with Gasteiger partial charge < -0.3 is 10.6 Å². The van der Waals surface area contributed by atoms with E-state index in [1.165, 1.54) is 36.0 Å². The minimum Gasteiger partial charge on any atom is -0.326 e. The number of carbonyl (C=O) groups excluding carboxylic acids is 2. The highest BCUT2D eigenvalue weighted by Gasteiger charge is 2.19. The Bertz CT molecular complexity index is 1030. The van der Waals surface area contributed by atoms with Crippen LogP contribution in [0.2, 0.25) is 0 Å². The molecule has 0 aromatic heterocycles. The molecule has 0 heterocycles. The lowest BCUT2D eigenvalue weighted by Crippen LogP contribution is -2.24. The van der Waals surface area contributed by atoms with Crippen molar-refractivity contribution in [1.82, 2.24) is 0 Å². The van der Waals surface area contributed by atoms with Crippen molar-refractivity contribution in [2.75, 3.05) is 10.6 Å². The summed E-state index contributed by atoms with van der Waals surface area (Å²) in [6.45, 7) is 7.93. The monoisotopic (exact) mass is 463 g/mol. The molecule has 2 aromatic carbocycles. The van der Waals surface area contributed by atoms with Crippen molar-refractivity contribution >= 4 is 45.0 Å². The highest BCUT2D eigenvalue weighted by atomic mass is 32.2. The molecule has 0 radical (unpaired) electrons. The number of amides is 2. The summed E-state index contributed by atoms with van der Waals surface area (Å²) in [7, 11) is -3.78. The number of benzene rings is 2. The summed E-state index contributed by atoms with van der Waals surface area (Å²) in [5.74, 6) is -0.250. The third-order valence-electron chi connectivity index (χ3n) is 4.20. The van der Waals surface area contributed by atoms with Crippen LogP contribution in [0.25, 0.3) is 0 Å². The molecule has 1 unspecified atom stereocenters. The van der Waals surface area contributed by atoms with Crippen molar-refractivity contribution in [3.05, 3.63) is 48.5 Å². The zero-order chi connectivity index (χ0) is 23.2. The maximum Gasteiger partial charge on any atom is 0.238 e. The summed E-state index contributed by atoms with van der Waals surface area (Å²) in [6, 6.07) is 13.1. The van der Waals surface area contributed by atoms with Crippen molar-refractivity contribution in [2.45, 2.75) is 55.6 Å². The van der Waals surface area contributed by atoms with Gasteiger partial charge in [-0.1, -0.05) is 33.8 Å². The molecule has 0 fully saturated rings. The maximum absolute atomic E-state index is 12.7. The van der Waals surface area contributed by atoms with E-state index >= 15 is 0 Å². The van der Waals surface area contributed by atoms with Crippen LogP contribution in [0.3, 0.4) is 0 Å². The second-order valence-corrected chi connectivity index (χ2v) is 11.2. The van der Waals surface area contributed by atoms with Crippen molar-refractivity contribution in [1.29, 1.82) is 0 Å². The molecule has 7 nitrogen and oxygen atoms in total. The number of anilines is 2. The summed E-state index contributed by atoms with van der Waals surface area (Å²) in [5, 5.41) is 10.4. The molecular formula is C22H29N3O4S2. The first-order valence-electron chi connectivity index (χ1n) is 9.88. The second-order valence-electron chi connectivity index (χ2n) is 8.39. The van der Waals surface area contributed by atoms with E-state index in [0.717, 1.165) is 4.90 Å². The maximum atomic E-state index is 12.7. The standard InChI is InChI=1S/C22H29N3O4S2/c1-5-19(21(27)25-15-9-11-18(12-10-15)31(23,28)29)30-17-8-6-7-16(13-17)24-20(26)14-22(2,3)4/h6-13,19H,5,14H2,1-4H3,(H,24,26)(H,25,27)(H2,23,28,29). The summed E-state index contributed by atoms with van der Waals surface area (Å²) in [4.78, 5) is 25.7. The predicted octanol–water partition coefficient (Wildman–Crippen LogP) is 4.22. The summed E-state index contributed by atoms with van der Waals surface area (Å²) < 4.78 is 22.7. The number of thioether (sulfide) groups is 1. The smallest absolute Gasteiger partial charge is 0.238 e. The molecular weight excluding hydrogens is 434 g/mol. The van der Waals surface area contributed by atoms with Gasteiger partial charge >= 0.3 is 0 Å². The van der Waals surface area contributed by atoms with E-state index in [-0.39, 0.29) is 27.4 Å². The number of hydrogen-bond acceptors (Lipinski definition) is 5. The Kier molecular flexibility index (Phi) is 8.27. The van der Waals surface area contributed by atoms with Crippen LogP contribution in [0.5, 0.6) is 0 Å². The van der Waals surface area contributed by atoms with Crippen molar-refractivity contribution in [3.63, 3.8) is 0 Å². The number of nitrogens with two attached hydrogens (primary N) is 1. The topological polar surface area (TPSA) is 118 Å². The fourth-order valence-corrected chi connectivity index (χ4v) is 4.30. The third kappa shape index (κ3) is 8.35. The summed E-state index contributed by atoms with van der Waals surface area (Å²) >= 11 is 1.40. The zero-order valence-electron chi connectivity index (χ0n) is 18.1. The minimum absolute atomic E-state index is 0.0164. The Morgan fingerprint density at radius 1 is 1.03 bits per heavy atom. The van der Waals surface area contributed by atoms with Gasteiger partial charge in [-0.2, -0.15) is 0 Å². The summed E-state index contributed by atoms with van der Waals surface area (Å²) in [5.41, 5.74) is 1.07. The molecule has 2 amide bonds. The number of carbonyl (C=O) groups is 2. The van der Waals surface area contributed by atoms with E-state index < -0.39 is 10.0 Å². The highest BCUT2D eigenvalue weighted by Crippen LogP contribution is 2.29. The van der Waals surface area contributed by atoms with Gasteiger partial charge in [-0.3, -0.25) is 9.59 Å². The second kappa shape index (κ2) is 10.3. The van der Waals surface area contributed by atoms with Gasteiger partial charge in [-0.05, 0) is 54.3 Å². The quantitative estimate of drug-likeness (QED) is 0.507. The molecule has 168 valence electrons. The number of rotatable bonds is 8. The van der Waals surface area contributed by atoms with Crippen LogP contribution in [-0.2, 0) is 19.6 Å². The van der Waals surface area contributed by atoms with Crippen molar-refractivity contribution in [3.8, 4) is 0 Å². The molecule has 0 spiro atoms. The van der Waals surface area contributed by atoms with Crippen LogP contribution < -0.4 is 15.8 Å². The van der Waals surface area contributed by atoms with Gasteiger partial charge in [0.1, 0.15) is 0 Å². The summed E-state index contributed by atoms with van der Waals surface area (Å²) in [6.07, 6.45) is 1.00. The van der Waals surface area contributed by atoms with Crippen LogP contribution in [0.1, 0.15) is 40.5 Å². The molecule has 2 aromatic rings. The number of primary sulfonamides is 1. The van der Waals surface area contributed by atoms with E-state index in [9.17, 15) is 18.0 Å². The van der Waals surface area contributed by atoms with E-state index in [1.807, 2.05) is 52.0 Å². The van der Waals surface area contributed by atoms with Crippen molar-refractivity contribution in [2.24, 2.45) is 10.6 Å². The first-order valence-corrected chi connectivity index (χ1v) is 12.3. The fraction of sp³-hybridized carbons (Fsp3) is 0.364. The van der Waals surface area contributed by atoms with Gasteiger partial charge in [-0.15, -0.1) is 11.8 Å². The number of hydrogen-bond donors (Lipinski definition) is 3. The van der Waals surface area contributed by atoms with Gasteiger partial charge in [0.25, 0.3) is 0 Å². The molecule has 2 rings (SSSR count). The average Bonchev–Trinajstić information content (AvgIpc) is 2.64. The normalized spacial score (nSPS) is 12.8. The van der Waals surface area contributed by atoms with Gasteiger partial charge in [0, 0.05) is 22.7 Å². The molecule has 0 bridgehead atoms. The van der Waals surface area contributed by atoms with E-state index in [2.05, 4.69) is 10.6 Å². The molecule has 9 heteroatoms.